The molecule has 4 rings (SSSR count). The lowest BCUT2D eigenvalue weighted by molar-refractivity contribution is 0.0995. The minimum atomic E-state index is -0.623. The van der Waals surface area contributed by atoms with Gasteiger partial charge in [-0.25, -0.2) is 4.79 Å². The Labute approximate surface area is 175 Å². The Kier molecular flexibility index (Phi) is 5.48. The zero-order chi connectivity index (χ0) is 20.9. The monoisotopic (exact) mass is 420 g/mol. The molecule has 0 aliphatic heterocycles. The van der Waals surface area contributed by atoms with Crippen molar-refractivity contribution in [1.82, 2.24) is 19.0 Å². The number of hydrogen-bond acceptors (Lipinski definition) is 7. The molecule has 2 aromatic carbocycles. The summed E-state index contributed by atoms with van der Waals surface area (Å²) in [7, 11) is 0. The second kappa shape index (κ2) is 8.53. The van der Waals surface area contributed by atoms with Crippen molar-refractivity contribution in [2.24, 2.45) is 5.73 Å². The molecule has 0 aliphatic carbocycles. The van der Waals surface area contributed by atoms with Crippen molar-refractivity contribution in [3.05, 3.63) is 72.1 Å². The number of aromatic nitrogens is 3. The van der Waals surface area contributed by atoms with Crippen molar-refractivity contribution in [2.75, 3.05) is 5.32 Å². The van der Waals surface area contributed by atoms with Crippen LogP contribution < -0.4 is 21.1 Å². The minimum Gasteiger partial charge on any atom is -0.457 e. The first-order valence-corrected chi connectivity index (χ1v) is 9.60. The zero-order valence-corrected chi connectivity index (χ0v) is 16.3. The molecular formula is C20H16N6O3S. The summed E-state index contributed by atoms with van der Waals surface area (Å²) in [5.74, 6) is 0.407. The van der Waals surface area contributed by atoms with Gasteiger partial charge in [-0.15, -0.1) is 0 Å². The zero-order valence-electron chi connectivity index (χ0n) is 15.5. The van der Waals surface area contributed by atoms with Crippen LogP contribution in [-0.2, 0) is 6.54 Å². The van der Waals surface area contributed by atoms with E-state index < -0.39 is 5.91 Å². The maximum Gasteiger partial charge on any atom is 0.319 e. The summed E-state index contributed by atoms with van der Waals surface area (Å²) < 4.78 is 14.0. The van der Waals surface area contributed by atoms with Crippen LogP contribution in [0.5, 0.6) is 11.5 Å². The molecule has 0 aliphatic rings. The van der Waals surface area contributed by atoms with Gasteiger partial charge in [-0.1, -0.05) is 18.2 Å². The number of fused-ring (bicyclic) bond motifs is 1. The number of pyridine rings is 1. The van der Waals surface area contributed by atoms with Crippen molar-refractivity contribution in [3.63, 3.8) is 0 Å². The molecule has 10 heteroatoms. The van der Waals surface area contributed by atoms with Crippen LogP contribution in [0.3, 0.4) is 0 Å². The average Bonchev–Trinajstić information content (AvgIpc) is 3.23. The van der Waals surface area contributed by atoms with Crippen molar-refractivity contribution in [2.45, 2.75) is 6.54 Å². The van der Waals surface area contributed by atoms with E-state index >= 15 is 0 Å². The van der Waals surface area contributed by atoms with Crippen molar-refractivity contribution >= 4 is 40.4 Å². The van der Waals surface area contributed by atoms with Crippen molar-refractivity contribution in [3.8, 4) is 11.5 Å². The lowest BCUT2D eigenvalue weighted by atomic mass is 10.2. The number of carbonyl (C=O) groups excluding carboxylic acids is 2. The van der Waals surface area contributed by atoms with E-state index in [1.807, 2.05) is 24.3 Å². The van der Waals surface area contributed by atoms with E-state index in [1.165, 1.54) is 12.3 Å². The van der Waals surface area contributed by atoms with E-state index in [4.69, 9.17) is 10.5 Å². The van der Waals surface area contributed by atoms with Crippen molar-refractivity contribution < 1.29 is 14.3 Å². The third kappa shape index (κ3) is 4.50. The molecule has 4 N–H and O–H groups in total. The van der Waals surface area contributed by atoms with Gasteiger partial charge in [0.15, 0.2) is 0 Å². The van der Waals surface area contributed by atoms with Gasteiger partial charge in [0.1, 0.15) is 28.2 Å². The number of nitrogens with two attached hydrogens (primary N) is 1. The Hall–Kier alpha value is -4.05. The molecule has 0 radical (unpaired) electrons. The molecule has 0 atom stereocenters. The molecule has 2 aromatic heterocycles. The summed E-state index contributed by atoms with van der Waals surface area (Å²) in [6.45, 7) is 0.332. The third-order valence-electron chi connectivity index (χ3n) is 4.13. The molecule has 0 bridgehead atoms. The molecule has 9 nitrogen and oxygen atoms in total. The number of primary amides is 1. The molecule has 0 saturated carbocycles. The topological polar surface area (TPSA) is 132 Å². The molecule has 4 aromatic rings. The highest BCUT2D eigenvalue weighted by Gasteiger charge is 2.09. The molecule has 0 unspecified atom stereocenters. The van der Waals surface area contributed by atoms with Crippen LogP contribution in [0, 0.1) is 0 Å². The number of carbonyl (C=O) groups is 2. The van der Waals surface area contributed by atoms with Gasteiger partial charge >= 0.3 is 6.03 Å². The fraction of sp³-hybridized carbons (Fsp3) is 0.0500. The quantitative estimate of drug-likeness (QED) is 0.438. The first kappa shape index (κ1) is 19.3. The SMILES string of the molecule is NC(=O)c1cc(Oc2ccc(CNC(=O)Nc3cccc4nsnc34)cc2)ccn1. The first-order chi connectivity index (χ1) is 14.6. The highest BCUT2D eigenvalue weighted by Crippen LogP contribution is 2.22. The van der Waals surface area contributed by atoms with E-state index in [0.29, 0.717) is 29.2 Å². The predicted octanol–water partition coefficient (Wildman–Crippen LogP) is 3.30. The molecular weight excluding hydrogens is 404 g/mol. The number of urea groups is 1. The Morgan fingerprint density at radius 2 is 1.87 bits per heavy atom. The van der Waals surface area contributed by atoms with Crippen LogP contribution in [0.4, 0.5) is 10.5 Å². The number of nitrogens with zero attached hydrogens (tertiary/aromatic N) is 3. The Morgan fingerprint density at radius 3 is 2.67 bits per heavy atom. The summed E-state index contributed by atoms with van der Waals surface area (Å²) in [5.41, 5.74) is 8.25. The van der Waals surface area contributed by atoms with Gasteiger partial charge in [0.05, 0.1) is 17.4 Å². The van der Waals surface area contributed by atoms with Crippen LogP contribution in [0.25, 0.3) is 11.0 Å². The maximum atomic E-state index is 12.2. The first-order valence-electron chi connectivity index (χ1n) is 8.87. The molecule has 30 heavy (non-hydrogen) atoms. The standard InChI is InChI=1S/C20H16N6O3S/c21-19(27)17-10-14(8-9-22-17)29-13-6-4-12(5-7-13)11-23-20(28)24-15-2-1-3-16-18(15)26-30-25-16/h1-10H,11H2,(H2,21,27)(H2,23,24,28). The van der Waals surface area contributed by atoms with E-state index in [2.05, 4.69) is 24.4 Å². The van der Waals surface area contributed by atoms with E-state index in [1.54, 1.807) is 24.3 Å². The highest BCUT2D eigenvalue weighted by atomic mass is 32.1. The van der Waals surface area contributed by atoms with Gasteiger partial charge in [-0.05, 0) is 35.9 Å². The van der Waals surface area contributed by atoms with Gasteiger partial charge < -0.3 is 21.1 Å². The largest absolute Gasteiger partial charge is 0.457 e. The highest BCUT2D eigenvalue weighted by molar-refractivity contribution is 7.00. The summed E-state index contributed by atoms with van der Waals surface area (Å²) in [4.78, 5) is 27.3. The average molecular weight is 420 g/mol. The second-order valence-electron chi connectivity index (χ2n) is 6.23. The lowest BCUT2D eigenvalue weighted by Crippen LogP contribution is -2.28. The van der Waals surface area contributed by atoms with Gasteiger partial charge in [0.2, 0.25) is 0 Å². The van der Waals surface area contributed by atoms with Crippen molar-refractivity contribution in [1.29, 1.82) is 0 Å². The number of rotatable bonds is 6. The Morgan fingerprint density at radius 1 is 1.03 bits per heavy atom. The summed E-state index contributed by atoms with van der Waals surface area (Å²) >= 11 is 1.10. The Balaban J connectivity index is 1.33. The number of benzene rings is 2. The van der Waals surface area contributed by atoms with Gasteiger partial charge in [-0.2, -0.15) is 8.75 Å². The third-order valence-corrected chi connectivity index (χ3v) is 4.67. The fourth-order valence-electron chi connectivity index (χ4n) is 2.68. The van der Waals surface area contributed by atoms with Crippen LogP contribution in [0.2, 0.25) is 0 Å². The lowest BCUT2D eigenvalue weighted by Gasteiger charge is -2.09. The van der Waals surface area contributed by atoms with Crippen LogP contribution in [-0.4, -0.2) is 25.7 Å². The number of amides is 3. The molecule has 3 amide bonds. The van der Waals surface area contributed by atoms with Gasteiger partial charge in [-0.3, -0.25) is 9.78 Å². The van der Waals surface area contributed by atoms with E-state index in [-0.39, 0.29) is 11.7 Å². The smallest absolute Gasteiger partial charge is 0.319 e. The number of hydrogen-bond donors (Lipinski definition) is 3. The van der Waals surface area contributed by atoms with Gasteiger partial charge in [0, 0.05) is 18.8 Å². The van der Waals surface area contributed by atoms with Crippen LogP contribution in [0.1, 0.15) is 16.1 Å². The maximum absolute atomic E-state index is 12.2. The summed E-state index contributed by atoms with van der Waals surface area (Å²) in [6, 6.07) is 15.4. The minimum absolute atomic E-state index is 0.128. The number of anilines is 1. The molecule has 0 spiro atoms. The van der Waals surface area contributed by atoms with Crippen LogP contribution >= 0.6 is 11.7 Å². The summed E-state index contributed by atoms with van der Waals surface area (Å²) in [6.07, 6.45) is 1.45. The number of ether oxygens (including phenoxy) is 1. The molecule has 2 heterocycles. The summed E-state index contributed by atoms with van der Waals surface area (Å²) in [5, 5.41) is 5.58. The molecule has 0 saturated heterocycles. The molecule has 0 fully saturated rings. The fourth-order valence-corrected chi connectivity index (χ4v) is 3.23. The van der Waals surface area contributed by atoms with E-state index in [9.17, 15) is 9.59 Å². The van der Waals surface area contributed by atoms with Crippen LogP contribution in [0.15, 0.2) is 60.8 Å². The van der Waals surface area contributed by atoms with Gasteiger partial charge in [0.25, 0.3) is 5.91 Å². The normalized spacial score (nSPS) is 10.5. The predicted molar refractivity (Wildman–Crippen MR) is 113 cm³/mol. The Bertz CT molecular complexity index is 1210. The second-order valence-corrected chi connectivity index (χ2v) is 6.76. The molecule has 150 valence electrons. The number of nitrogens with one attached hydrogen (secondary N) is 2. The van der Waals surface area contributed by atoms with E-state index in [0.717, 1.165) is 22.8 Å².